The molecule has 0 saturated carbocycles. The van der Waals surface area contributed by atoms with Crippen LogP contribution in [-0.2, 0) is 30.4 Å². The first-order valence-corrected chi connectivity index (χ1v) is 12.1. The van der Waals surface area contributed by atoms with Gasteiger partial charge in [-0.25, -0.2) is 9.78 Å². The Morgan fingerprint density at radius 2 is 1.71 bits per heavy atom. The van der Waals surface area contributed by atoms with Crippen LogP contribution in [0.4, 0.5) is 0 Å². The maximum atomic E-state index is 13.3. The molecule has 1 aromatic rings. The van der Waals surface area contributed by atoms with Gasteiger partial charge in [-0.15, -0.1) is 0 Å². The number of amides is 4. The third-order valence-electron chi connectivity index (χ3n) is 5.73. The molecule has 5 unspecified atom stereocenters. The Balaban J connectivity index is 3.02. The van der Waals surface area contributed by atoms with Crippen molar-refractivity contribution in [1.82, 2.24) is 25.9 Å². The first-order valence-electron chi connectivity index (χ1n) is 12.1. The standard InChI is InChI=1S/C22H38N10O6/c1-3-11(2)17(20(36)31-15(21(37)38)8-16(24)33)32-19(35)14(7-12-9-27-10-29-12)30-18(34)13(23)5-4-6-28-22(25)26/h9-11,13-15,17H,3-8,23H2,1-2H3,(H2,24,33)(H,27,29)(H,30,34)(H,31,36)(H,32,35)(H,37,38)(H4,25,26,28). The summed E-state index contributed by atoms with van der Waals surface area (Å²) in [4.78, 5) is 72.2. The number of aromatic nitrogens is 2. The molecule has 5 atom stereocenters. The average molecular weight is 539 g/mol. The number of carbonyl (C=O) groups excluding carboxylic acids is 4. The first-order chi connectivity index (χ1) is 17.8. The van der Waals surface area contributed by atoms with E-state index in [2.05, 4.69) is 30.9 Å². The lowest BCUT2D eigenvalue weighted by atomic mass is 9.97. The number of H-pyrrole nitrogens is 1. The summed E-state index contributed by atoms with van der Waals surface area (Å²) in [5.41, 5.74) is 22.1. The maximum Gasteiger partial charge on any atom is 0.326 e. The summed E-state index contributed by atoms with van der Waals surface area (Å²) in [5, 5.41) is 16.7. The smallest absolute Gasteiger partial charge is 0.326 e. The fraction of sp³-hybridized carbons (Fsp3) is 0.591. The van der Waals surface area contributed by atoms with Gasteiger partial charge in [0.1, 0.15) is 18.1 Å². The SMILES string of the molecule is CCC(C)C(NC(=O)C(Cc1cnc[nH]1)NC(=O)C(N)CCCN=C(N)N)C(=O)NC(CC(N)=O)C(=O)O. The molecule has 212 valence electrons. The van der Waals surface area contributed by atoms with Crippen LogP contribution >= 0.6 is 0 Å². The van der Waals surface area contributed by atoms with Crippen molar-refractivity contribution in [1.29, 1.82) is 0 Å². The lowest BCUT2D eigenvalue weighted by Gasteiger charge is -2.28. The van der Waals surface area contributed by atoms with E-state index < -0.39 is 66.1 Å². The third kappa shape index (κ3) is 11.2. The predicted molar refractivity (Wildman–Crippen MR) is 137 cm³/mol. The van der Waals surface area contributed by atoms with E-state index in [9.17, 15) is 29.1 Å². The van der Waals surface area contributed by atoms with E-state index in [1.165, 1.54) is 12.5 Å². The molecule has 0 aliphatic heterocycles. The molecule has 13 N–H and O–H groups in total. The number of hydrogen-bond donors (Lipinski definition) is 9. The van der Waals surface area contributed by atoms with Crippen molar-refractivity contribution in [3.05, 3.63) is 18.2 Å². The van der Waals surface area contributed by atoms with Crippen LogP contribution in [0.15, 0.2) is 17.5 Å². The highest BCUT2D eigenvalue weighted by atomic mass is 16.4. The number of carbonyl (C=O) groups is 5. The van der Waals surface area contributed by atoms with Crippen LogP contribution in [0.25, 0.3) is 0 Å². The van der Waals surface area contributed by atoms with Gasteiger partial charge in [0.05, 0.1) is 18.8 Å². The molecular formula is C22H38N10O6. The van der Waals surface area contributed by atoms with Gasteiger partial charge in [-0.1, -0.05) is 20.3 Å². The van der Waals surface area contributed by atoms with Crippen LogP contribution in [0.1, 0.15) is 45.2 Å². The largest absolute Gasteiger partial charge is 0.480 e. The molecule has 0 spiro atoms. The van der Waals surface area contributed by atoms with Crippen LogP contribution < -0.4 is 38.9 Å². The minimum Gasteiger partial charge on any atom is -0.480 e. The quantitative estimate of drug-likeness (QED) is 0.0543. The zero-order valence-electron chi connectivity index (χ0n) is 21.5. The average Bonchev–Trinajstić information content (AvgIpc) is 3.36. The molecule has 0 fully saturated rings. The molecule has 1 heterocycles. The van der Waals surface area contributed by atoms with E-state index in [4.69, 9.17) is 22.9 Å². The van der Waals surface area contributed by atoms with Gasteiger partial charge in [0.25, 0.3) is 0 Å². The number of nitrogens with one attached hydrogen (secondary N) is 4. The Labute approximate surface area is 219 Å². The van der Waals surface area contributed by atoms with Crippen LogP contribution in [0, 0.1) is 5.92 Å². The van der Waals surface area contributed by atoms with Gasteiger partial charge in [-0.05, 0) is 18.8 Å². The van der Waals surface area contributed by atoms with Gasteiger partial charge in [-0.2, -0.15) is 0 Å². The molecule has 1 aromatic heterocycles. The second-order valence-corrected chi connectivity index (χ2v) is 8.84. The summed E-state index contributed by atoms with van der Waals surface area (Å²) < 4.78 is 0. The maximum absolute atomic E-state index is 13.3. The van der Waals surface area contributed by atoms with Gasteiger partial charge >= 0.3 is 5.97 Å². The second-order valence-electron chi connectivity index (χ2n) is 8.84. The van der Waals surface area contributed by atoms with Crippen molar-refractivity contribution in [2.45, 2.75) is 70.1 Å². The minimum atomic E-state index is -1.57. The first kappa shape index (κ1) is 31.8. The molecular weight excluding hydrogens is 500 g/mol. The van der Waals surface area contributed by atoms with Crippen molar-refractivity contribution >= 4 is 35.6 Å². The van der Waals surface area contributed by atoms with E-state index in [-0.39, 0.29) is 25.3 Å². The number of aromatic amines is 1. The van der Waals surface area contributed by atoms with Gasteiger partial charge in [0, 0.05) is 24.9 Å². The highest BCUT2D eigenvalue weighted by Crippen LogP contribution is 2.11. The van der Waals surface area contributed by atoms with Crippen molar-refractivity contribution in [3.63, 3.8) is 0 Å². The van der Waals surface area contributed by atoms with Crippen LogP contribution in [-0.4, -0.2) is 81.3 Å². The Bertz CT molecular complexity index is 979. The number of carboxylic acid groups (broad SMARTS) is 1. The fourth-order valence-electron chi connectivity index (χ4n) is 3.37. The Kier molecular flexibility index (Phi) is 13.2. The molecule has 16 nitrogen and oxygen atoms in total. The number of nitrogens with two attached hydrogens (primary N) is 4. The normalized spacial score (nSPS) is 14.7. The number of aliphatic imine (C=N–C) groups is 1. The number of rotatable bonds is 17. The topological polar surface area (TPSA) is 287 Å². The third-order valence-corrected chi connectivity index (χ3v) is 5.73. The van der Waals surface area contributed by atoms with Crippen molar-refractivity contribution < 1.29 is 29.1 Å². The van der Waals surface area contributed by atoms with Gasteiger partial charge in [0.15, 0.2) is 5.96 Å². The lowest BCUT2D eigenvalue weighted by molar-refractivity contribution is -0.144. The van der Waals surface area contributed by atoms with Gasteiger partial charge < -0.3 is 49.0 Å². The highest BCUT2D eigenvalue weighted by molar-refractivity contribution is 5.95. The number of nitrogens with zero attached hydrogens (tertiary/aromatic N) is 2. The van der Waals surface area contributed by atoms with Crippen LogP contribution in [0.2, 0.25) is 0 Å². The zero-order chi connectivity index (χ0) is 28.8. The predicted octanol–water partition coefficient (Wildman–Crippen LogP) is -3.21. The van der Waals surface area contributed by atoms with E-state index in [1.54, 1.807) is 13.8 Å². The molecule has 38 heavy (non-hydrogen) atoms. The summed E-state index contributed by atoms with van der Waals surface area (Å²) in [6.45, 7) is 3.74. The molecule has 0 bridgehead atoms. The van der Waals surface area contributed by atoms with Crippen molar-refractivity contribution in [2.24, 2.45) is 33.8 Å². The number of hydrogen-bond acceptors (Lipinski definition) is 8. The van der Waals surface area contributed by atoms with E-state index in [0.29, 0.717) is 18.5 Å². The monoisotopic (exact) mass is 538 g/mol. The van der Waals surface area contributed by atoms with Crippen molar-refractivity contribution in [2.75, 3.05) is 6.54 Å². The second kappa shape index (κ2) is 15.8. The molecule has 16 heteroatoms. The number of guanidine groups is 1. The molecule has 0 aliphatic rings. The van der Waals surface area contributed by atoms with Gasteiger partial charge in [-0.3, -0.25) is 24.2 Å². The minimum absolute atomic E-state index is 0.00651. The van der Waals surface area contributed by atoms with E-state index in [0.717, 1.165) is 0 Å². The Morgan fingerprint density at radius 1 is 1.05 bits per heavy atom. The lowest BCUT2D eigenvalue weighted by Crippen LogP contribution is -2.59. The molecule has 0 radical (unpaired) electrons. The van der Waals surface area contributed by atoms with Gasteiger partial charge in [0.2, 0.25) is 23.6 Å². The summed E-state index contributed by atoms with van der Waals surface area (Å²) in [6, 6.07) is -4.84. The Morgan fingerprint density at radius 3 is 2.24 bits per heavy atom. The van der Waals surface area contributed by atoms with Crippen LogP contribution in [0.3, 0.4) is 0 Å². The summed E-state index contributed by atoms with van der Waals surface area (Å²) >= 11 is 0. The molecule has 0 saturated heterocycles. The molecule has 4 amide bonds. The molecule has 0 aliphatic carbocycles. The summed E-state index contributed by atoms with van der Waals surface area (Å²) in [5.74, 6) is -5.01. The highest BCUT2D eigenvalue weighted by Gasteiger charge is 2.33. The Hall–Kier alpha value is -4.21. The van der Waals surface area contributed by atoms with Crippen molar-refractivity contribution in [3.8, 4) is 0 Å². The summed E-state index contributed by atoms with van der Waals surface area (Å²) in [7, 11) is 0. The number of aliphatic carboxylic acids is 1. The van der Waals surface area contributed by atoms with Crippen LogP contribution in [0.5, 0.6) is 0 Å². The number of primary amides is 1. The van der Waals surface area contributed by atoms with E-state index in [1.807, 2.05) is 0 Å². The number of carboxylic acids is 1. The molecule has 0 aromatic carbocycles. The summed E-state index contributed by atoms with van der Waals surface area (Å²) in [6.07, 6.45) is 3.38. The van der Waals surface area contributed by atoms with E-state index >= 15 is 0 Å². The number of imidazole rings is 1. The zero-order valence-corrected chi connectivity index (χ0v) is 21.5. The fourth-order valence-corrected chi connectivity index (χ4v) is 3.37. The molecule has 1 rings (SSSR count).